The van der Waals surface area contributed by atoms with E-state index in [0.717, 1.165) is 5.39 Å². The summed E-state index contributed by atoms with van der Waals surface area (Å²) in [6.45, 7) is 2.76. The van der Waals surface area contributed by atoms with E-state index in [-0.39, 0.29) is 5.95 Å². The Hall–Kier alpha value is -2.95. The molecule has 1 aliphatic carbocycles. The van der Waals surface area contributed by atoms with Crippen LogP contribution in [0.3, 0.4) is 0 Å². The van der Waals surface area contributed by atoms with Gasteiger partial charge in [-0.15, -0.1) is 0 Å². The number of aliphatic hydroxyl groups excluding tert-OH is 2. The average molecular weight is 473 g/mol. The van der Waals surface area contributed by atoms with Crippen LogP contribution in [0.1, 0.15) is 46.8 Å². The number of alkyl halides is 2. The highest BCUT2D eigenvalue weighted by molar-refractivity contribution is 5.79. The summed E-state index contributed by atoms with van der Waals surface area (Å²) in [5.74, 6) is -0.700. The van der Waals surface area contributed by atoms with Crippen molar-refractivity contribution in [1.82, 2.24) is 19.9 Å². The fourth-order valence-corrected chi connectivity index (χ4v) is 5.15. The molecule has 3 heterocycles. The van der Waals surface area contributed by atoms with Gasteiger partial charge in [0.25, 0.3) is 6.43 Å². The summed E-state index contributed by atoms with van der Waals surface area (Å²) >= 11 is 0. The summed E-state index contributed by atoms with van der Waals surface area (Å²) in [5.41, 5.74) is 8.77. The first-order valence-electron chi connectivity index (χ1n) is 11.3. The molecular weight excluding hydrogens is 447 g/mol. The number of nitrogen functional groups attached to an aromatic ring is 1. The van der Waals surface area contributed by atoms with E-state index in [2.05, 4.69) is 15.3 Å². The topological polar surface area (TPSA) is 109 Å². The number of halogens is 3. The molecule has 2 aromatic heterocycles. The SMILES string of the molecule is Cc1nc(N)nc2c1ccn2[C@@H]1C=C(CCc2cc(C(F)F)c(F)c3c2CNCC3)[C@@H](O)[C@H]1O. The molecule has 0 radical (unpaired) electrons. The third kappa shape index (κ3) is 3.75. The van der Waals surface area contributed by atoms with Gasteiger partial charge >= 0.3 is 0 Å². The minimum Gasteiger partial charge on any atom is -0.388 e. The summed E-state index contributed by atoms with van der Waals surface area (Å²) in [6.07, 6.45) is -0.549. The van der Waals surface area contributed by atoms with E-state index >= 15 is 0 Å². The van der Waals surface area contributed by atoms with E-state index in [9.17, 15) is 23.4 Å². The molecule has 0 amide bonds. The van der Waals surface area contributed by atoms with Crippen LogP contribution in [0.15, 0.2) is 30.0 Å². The largest absolute Gasteiger partial charge is 0.388 e. The zero-order valence-electron chi connectivity index (χ0n) is 18.6. The zero-order chi connectivity index (χ0) is 24.1. The minimum absolute atomic E-state index is 0.117. The molecule has 5 rings (SSSR count). The van der Waals surface area contributed by atoms with Crippen molar-refractivity contribution >= 4 is 17.0 Å². The lowest BCUT2D eigenvalue weighted by Gasteiger charge is -2.23. The molecule has 0 unspecified atom stereocenters. The van der Waals surface area contributed by atoms with Gasteiger partial charge in [0.05, 0.1) is 17.3 Å². The van der Waals surface area contributed by atoms with Crippen molar-refractivity contribution in [2.75, 3.05) is 12.3 Å². The number of nitrogens with two attached hydrogens (primary N) is 1. The van der Waals surface area contributed by atoms with Crippen LogP contribution in [0.2, 0.25) is 0 Å². The van der Waals surface area contributed by atoms with Crippen molar-refractivity contribution in [3.05, 3.63) is 63.7 Å². The molecule has 7 nitrogen and oxygen atoms in total. The fraction of sp³-hybridized carbons (Fsp3) is 0.417. The van der Waals surface area contributed by atoms with Gasteiger partial charge in [-0.25, -0.2) is 18.2 Å². The molecule has 5 N–H and O–H groups in total. The van der Waals surface area contributed by atoms with E-state index in [4.69, 9.17) is 5.73 Å². The number of aromatic nitrogens is 3. The second-order valence-electron chi connectivity index (χ2n) is 8.92. The molecule has 1 aliphatic heterocycles. The predicted octanol–water partition coefficient (Wildman–Crippen LogP) is 2.88. The Kier molecular flexibility index (Phi) is 5.83. The average Bonchev–Trinajstić information content (AvgIpc) is 3.34. The van der Waals surface area contributed by atoms with Crippen molar-refractivity contribution < 1.29 is 23.4 Å². The van der Waals surface area contributed by atoms with E-state index in [1.54, 1.807) is 16.8 Å². The van der Waals surface area contributed by atoms with Gasteiger partial charge in [-0.05, 0) is 67.1 Å². The molecule has 3 aromatic rings. The summed E-state index contributed by atoms with van der Waals surface area (Å²) in [4.78, 5) is 8.45. The first kappa shape index (κ1) is 22.8. The normalized spacial score (nSPS) is 22.4. The van der Waals surface area contributed by atoms with Gasteiger partial charge in [-0.3, -0.25) is 0 Å². The Morgan fingerprint density at radius 3 is 2.79 bits per heavy atom. The van der Waals surface area contributed by atoms with Crippen LogP contribution >= 0.6 is 0 Å². The van der Waals surface area contributed by atoms with Crippen molar-refractivity contribution in [2.45, 2.75) is 57.4 Å². The monoisotopic (exact) mass is 473 g/mol. The summed E-state index contributed by atoms with van der Waals surface area (Å²) < 4.78 is 43.3. The maximum Gasteiger partial charge on any atom is 0.266 e. The zero-order valence-corrected chi connectivity index (χ0v) is 18.6. The Labute approximate surface area is 194 Å². The van der Waals surface area contributed by atoms with Gasteiger partial charge in [0.15, 0.2) is 0 Å². The molecule has 3 atom stereocenters. The van der Waals surface area contributed by atoms with Crippen LogP contribution in [-0.2, 0) is 19.4 Å². The molecule has 34 heavy (non-hydrogen) atoms. The van der Waals surface area contributed by atoms with Gasteiger partial charge in [-0.2, -0.15) is 4.98 Å². The Morgan fingerprint density at radius 2 is 2.03 bits per heavy atom. The number of benzene rings is 1. The number of aliphatic hydroxyl groups is 2. The lowest BCUT2D eigenvalue weighted by molar-refractivity contribution is 0.0317. The third-order valence-corrected chi connectivity index (χ3v) is 6.91. The third-order valence-electron chi connectivity index (χ3n) is 6.91. The Balaban J connectivity index is 1.45. The maximum absolute atomic E-state index is 14.6. The molecule has 10 heteroatoms. The van der Waals surface area contributed by atoms with Gasteiger partial charge in [0.1, 0.15) is 23.7 Å². The van der Waals surface area contributed by atoms with Crippen LogP contribution in [-0.4, -0.2) is 43.5 Å². The van der Waals surface area contributed by atoms with E-state index in [1.807, 2.05) is 13.0 Å². The van der Waals surface area contributed by atoms with Gasteiger partial charge in [0.2, 0.25) is 5.95 Å². The fourth-order valence-electron chi connectivity index (χ4n) is 5.15. The van der Waals surface area contributed by atoms with Gasteiger partial charge < -0.3 is 25.8 Å². The number of rotatable bonds is 5. The van der Waals surface area contributed by atoms with Crippen molar-refractivity contribution in [1.29, 1.82) is 0 Å². The highest BCUT2D eigenvalue weighted by atomic mass is 19.3. The van der Waals surface area contributed by atoms with Crippen LogP contribution < -0.4 is 11.1 Å². The molecule has 0 saturated carbocycles. The van der Waals surface area contributed by atoms with Crippen molar-refractivity contribution in [2.24, 2.45) is 0 Å². The summed E-state index contributed by atoms with van der Waals surface area (Å²) in [7, 11) is 0. The Morgan fingerprint density at radius 1 is 1.24 bits per heavy atom. The number of fused-ring (bicyclic) bond motifs is 2. The van der Waals surface area contributed by atoms with Crippen LogP contribution in [0.25, 0.3) is 11.0 Å². The van der Waals surface area contributed by atoms with Gasteiger partial charge in [0, 0.05) is 18.1 Å². The van der Waals surface area contributed by atoms with Crippen LogP contribution in [0, 0.1) is 12.7 Å². The lowest BCUT2D eigenvalue weighted by atomic mass is 9.89. The van der Waals surface area contributed by atoms with Crippen molar-refractivity contribution in [3.63, 3.8) is 0 Å². The number of nitrogens with zero attached hydrogens (tertiary/aromatic N) is 3. The molecule has 0 saturated heterocycles. The van der Waals surface area contributed by atoms with Crippen LogP contribution in [0.5, 0.6) is 0 Å². The summed E-state index contributed by atoms with van der Waals surface area (Å²) in [6, 6.07) is 2.50. The quantitative estimate of drug-likeness (QED) is 0.425. The van der Waals surface area contributed by atoms with Gasteiger partial charge in [-0.1, -0.05) is 6.08 Å². The van der Waals surface area contributed by atoms with E-state index in [0.29, 0.717) is 66.0 Å². The molecular formula is C24H26F3N5O2. The molecule has 2 aliphatic rings. The van der Waals surface area contributed by atoms with Crippen molar-refractivity contribution in [3.8, 4) is 0 Å². The Bertz CT molecular complexity index is 1290. The van der Waals surface area contributed by atoms with Crippen LogP contribution in [0.4, 0.5) is 19.1 Å². The highest BCUT2D eigenvalue weighted by Gasteiger charge is 2.36. The second-order valence-corrected chi connectivity index (χ2v) is 8.92. The first-order chi connectivity index (χ1) is 16.3. The molecule has 1 aromatic carbocycles. The highest BCUT2D eigenvalue weighted by Crippen LogP contribution is 2.36. The maximum atomic E-state index is 14.6. The predicted molar refractivity (Wildman–Crippen MR) is 121 cm³/mol. The summed E-state index contributed by atoms with van der Waals surface area (Å²) in [5, 5.41) is 25.5. The second kappa shape index (κ2) is 8.68. The number of nitrogens with one attached hydrogen (secondary N) is 1. The first-order valence-corrected chi connectivity index (χ1v) is 11.3. The number of anilines is 1. The molecule has 0 bridgehead atoms. The number of aryl methyl sites for hydroxylation is 2. The number of hydrogen-bond acceptors (Lipinski definition) is 6. The molecule has 0 spiro atoms. The van der Waals surface area contributed by atoms with E-state index in [1.165, 1.54) is 6.07 Å². The van der Waals surface area contributed by atoms with E-state index < -0.39 is 36.1 Å². The lowest BCUT2D eigenvalue weighted by Crippen LogP contribution is -2.29. The molecule has 180 valence electrons. The minimum atomic E-state index is -2.90. The smallest absolute Gasteiger partial charge is 0.266 e. The molecule has 0 fully saturated rings. The standard InChI is InChI=1S/C24H26F3N5O2/c1-11-14-5-7-32(23(14)31-24(28)30-11)18-9-13(20(33)21(18)34)3-2-12-8-16(22(26)27)19(25)15-4-6-29-10-17(12)15/h5,7-9,18,20-22,29,33-34H,2-4,6,10H2,1H3,(H2,28,30,31)/t18-,20-,21+/m1/s1. The number of hydrogen-bond donors (Lipinski definition) is 4.